The molecule has 2 rings (SSSR count). The Hall–Kier alpha value is -0.810. The van der Waals surface area contributed by atoms with Gasteiger partial charge < -0.3 is 16.0 Å². The Labute approximate surface area is 107 Å². The molecule has 1 aliphatic carbocycles. The zero-order chi connectivity index (χ0) is 12.3. The fourth-order valence-corrected chi connectivity index (χ4v) is 2.78. The molecule has 1 aromatic rings. The third-order valence-electron chi connectivity index (χ3n) is 3.06. The van der Waals surface area contributed by atoms with E-state index in [1.807, 2.05) is 0 Å². The first-order chi connectivity index (χ1) is 8.18. The van der Waals surface area contributed by atoms with Crippen LogP contribution < -0.4 is 11.1 Å². The van der Waals surface area contributed by atoms with Crippen molar-refractivity contribution in [1.29, 1.82) is 0 Å². The second-order valence-corrected chi connectivity index (χ2v) is 5.80. The molecule has 0 amide bonds. The SMILES string of the molecule is CN(C)CCCCNc1snc(N)c1C1CC1. The van der Waals surface area contributed by atoms with Gasteiger partial charge in [0.25, 0.3) is 0 Å². The summed E-state index contributed by atoms with van der Waals surface area (Å²) in [6.07, 6.45) is 4.98. The molecule has 3 N–H and O–H groups in total. The van der Waals surface area contributed by atoms with Crippen LogP contribution in [0.4, 0.5) is 10.8 Å². The van der Waals surface area contributed by atoms with Crippen molar-refractivity contribution in [3.05, 3.63) is 5.56 Å². The minimum absolute atomic E-state index is 0.679. The van der Waals surface area contributed by atoms with E-state index in [1.54, 1.807) is 0 Å². The predicted octanol–water partition coefficient (Wildman–Crippen LogP) is 2.36. The standard InChI is InChI=1S/C12H22N4S/c1-16(2)8-4-3-7-14-12-10(9-5-6-9)11(13)15-17-12/h9,14H,3-8H2,1-2H3,(H2,13,15). The molecule has 0 radical (unpaired) electrons. The van der Waals surface area contributed by atoms with Gasteiger partial charge in [0.2, 0.25) is 0 Å². The van der Waals surface area contributed by atoms with Gasteiger partial charge in [-0.25, -0.2) is 0 Å². The lowest BCUT2D eigenvalue weighted by molar-refractivity contribution is 0.396. The predicted molar refractivity (Wildman–Crippen MR) is 74.8 cm³/mol. The van der Waals surface area contributed by atoms with Gasteiger partial charge in [0.1, 0.15) is 10.8 Å². The number of aromatic nitrogens is 1. The van der Waals surface area contributed by atoms with Crippen LogP contribution in [0.15, 0.2) is 0 Å². The first-order valence-electron chi connectivity index (χ1n) is 6.32. The van der Waals surface area contributed by atoms with E-state index in [9.17, 15) is 0 Å². The number of hydrogen-bond donors (Lipinski definition) is 2. The molecule has 0 saturated heterocycles. The number of nitrogens with two attached hydrogens (primary N) is 1. The Balaban J connectivity index is 1.75. The summed E-state index contributed by atoms with van der Waals surface area (Å²) in [4.78, 5) is 2.22. The molecule has 1 saturated carbocycles. The van der Waals surface area contributed by atoms with Crippen LogP contribution in [-0.4, -0.2) is 36.5 Å². The van der Waals surface area contributed by atoms with Gasteiger partial charge in [0.15, 0.2) is 0 Å². The fourth-order valence-electron chi connectivity index (χ4n) is 1.96. The number of rotatable bonds is 7. The highest BCUT2D eigenvalue weighted by Crippen LogP contribution is 2.47. The van der Waals surface area contributed by atoms with Crippen LogP contribution in [0.1, 0.15) is 37.2 Å². The number of nitrogens with zero attached hydrogens (tertiary/aromatic N) is 2. The van der Waals surface area contributed by atoms with E-state index in [4.69, 9.17) is 5.73 Å². The van der Waals surface area contributed by atoms with Gasteiger partial charge in [-0.05, 0) is 63.8 Å². The van der Waals surface area contributed by atoms with E-state index in [0.717, 1.165) is 18.9 Å². The molecular formula is C12H22N4S. The van der Waals surface area contributed by atoms with E-state index in [0.29, 0.717) is 5.92 Å². The van der Waals surface area contributed by atoms with Gasteiger partial charge in [-0.15, -0.1) is 0 Å². The monoisotopic (exact) mass is 254 g/mol. The molecule has 17 heavy (non-hydrogen) atoms. The summed E-state index contributed by atoms with van der Waals surface area (Å²) >= 11 is 1.51. The Morgan fingerprint density at radius 3 is 2.82 bits per heavy atom. The van der Waals surface area contributed by atoms with Gasteiger partial charge >= 0.3 is 0 Å². The maximum atomic E-state index is 5.91. The molecule has 1 aliphatic rings. The summed E-state index contributed by atoms with van der Waals surface area (Å²) in [5, 5.41) is 4.69. The maximum absolute atomic E-state index is 5.91. The smallest absolute Gasteiger partial charge is 0.142 e. The topological polar surface area (TPSA) is 54.2 Å². The van der Waals surface area contributed by atoms with Crippen molar-refractivity contribution < 1.29 is 0 Å². The number of unbranched alkanes of at least 4 members (excludes halogenated alkanes) is 1. The highest BCUT2D eigenvalue weighted by Gasteiger charge is 2.30. The normalized spacial score (nSPS) is 15.5. The fraction of sp³-hybridized carbons (Fsp3) is 0.750. The van der Waals surface area contributed by atoms with Crippen LogP contribution in [0.3, 0.4) is 0 Å². The van der Waals surface area contributed by atoms with Crippen LogP contribution in [0, 0.1) is 0 Å². The molecule has 96 valence electrons. The lowest BCUT2D eigenvalue weighted by Gasteiger charge is -2.10. The Bertz CT molecular complexity index is 357. The summed E-state index contributed by atoms with van der Waals surface area (Å²) < 4.78 is 4.25. The average molecular weight is 254 g/mol. The van der Waals surface area contributed by atoms with Crippen LogP contribution in [0.5, 0.6) is 0 Å². The van der Waals surface area contributed by atoms with E-state index >= 15 is 0 Å². The molecular weight excluding hydrogens is 232 g/mol. The van der Waals surface area contributed by atoms with Crippen LogP contribution in [0.25, 0.3) is 0 Å². The third kappa shape index (κ3) is 3.57. The van der Waals surface area contributed by atoms with Crippen molar-refractivity contribution in [3.8, 4) is 0 Å². The van der Waals surface area contributed by atoms with Crippen molar-refractivity contribution in [2.75, 3.05) is 38.2 Å². The highest BCUT2D eigenvalue weighted by molar-refractivity contribution is 7.10. The Kier molecular flexibility index (Phi) is 4.23. The van der Waals surface area contributed by atoms with E-state index in [-0.39, 0.29) is 0 Å². The van der Waals surface area contributed by atoms with Crippen molar-refractivity contribution in [3.63, 3.8) is 0 Å². The molecule has 0 aromatic carbocycles. The van der Waals surface area contributed by atoms with Gasteiger partial charge in [0.05, 0.1) is 0 Å². The number of hydrogen-bond acceptors (Lipinski definition) is 5. The van der Waals surface area contributed by atoms with Crippen LogP contribution >= 0.6 is 11.5 Å². The minimum Gasteiger partial charge on any atom is -0.383 e. The van der Waals surface area contributed by atoms with Gasteiger partial charge in [0, 0.05) is 12.1 Å². The van der Waals surface area contributed by atoms with Crippen molar-refractivity contribution >= 4 is 22.4 Å². The van der Waals surface area contributed by atoms with E-state index in [1.165, 1.54) is 47.8 Å². The zero-order valence-electron chi connectivity index (χ0n) is 10.7. The van der Waals surface area contributed by atoms with Crippen LogP contribution in [-0.2, 0) is 0 Å². The number of anilines is 2. The summed E-state index contributed by atoms with van der Waals surface area (Å²) in [6.45, 7) is 2.18. The quantitative estimate of drug-likeness (QED) is 0.733. The third-order valence-corrected chi connectivity index (χ3v) is 3.89. The molecule has 5 heteroatoms. The first-order valence-corrected chi connectivity index (χ1v) is 7.09. The summed E-state index contributed by atoms with van der Waals surface area (Å²) in [6, 6.07) is 0. The second-order valence-electron chi connectivity index (χ2n) is 5.02. The minimum atomic E-state index is 0.679. The lowest BCUT2D eigenvalue weighted by atomic mass is 10.2. The zero-order valence-corrected chi connectivity index (χ0v) is 11.5. The largest absolute Gasteiger partial charge is 0.383 e. The molecule has 0 spiro atoms. The molecule has 4 nitrogen and oxygen atoms in total. The lowest BCUT2D eigenvalue weighted by Crippen LogP contribution is -2.14. The van der Waals surface area contributed by atoms with Crippen molar-refractivity contribution in [2.45, 2.75) is 31.6 Å². The average Bonchev–Trinajstić information content (AvgIpc) is 3.03. The molecule has 0 unspecified atom stereocenters. The molecule has 1 aromatic heterocycles. The van der Waals surface area contributed by atoms with Gasteiger partial charge in [-0.1, -0.05) is 0 Å². The molecule has 1 fully saturated rings. The Morgan fingerprint density at radius 2 is 2.18 bits per heavy atom. The van der Waals surface area contributed by atoms with E-state index in [2.05, 4.69) is 28.7 Å². The van der Waals surface area contributed by atoms with Gasteiger partial charge in [-0.3, -0.25) is 0 Å². The number of nitrogen functional groups attached to an aromatic ring is 1. The second kappa shape index (κ2) is 5.69. The van der Waals surface area contributed by atoms with Crippen molar-refractivity contribution in [1.82, 2.24) is 9.27 Å². The summed E-state index contributed by atoms with van der Waals surface area (Å²) in [5.41, 5.74) is 7.19. The first kappa shape index (κ1) is 12.6. The molecule has 1 heterocycles. The summed E-state index contributed by atoms with van der Waals surface area (Å²) in [7, 11) is 4.23. The number of nitrogens with one attached hydrogen (secondary N) is 1. The Morgan fingerprint density at radius 1 is 1.41 bits per heavy atom. The van der Waals surface area contributed by atoms with E-state index < -0.39 is 0 Å². The summed E-state index contributed by atoms with van der Waals surface area (Å²) in [5.74, 6) is 1.42. The van der Waals surface area contributed by atoms with Crippen LogP contribution in [0.2, 0.25) is 0 Å². The molecule has 0 atom stereocenters. The van der Waals surface area contributed by atoms with Crippen molar-refractivity contribution in [2.24, 2.45) is 0 Å². The maximum Gasteiger partial charge on any atom is 0.142 e. The molecule has 0 bridgehead atoms. The van der Waals surface area contributed by atoms with Gasteiger partial charge in [-0.2, -0.15) is 4.37 Å². The molecule has 0 aliphatic heterocycles. The highest BCUT2D eigenvalue weighted by atomic mass is 32.1.